The summed E-state index contributed by atoms with van der Waals surface area (Å²) in [4.78, 5) is 11.2. The second-order valence-corrected chi connectivity index (χ2v) is 4.13. The van der Waals surface area contributed by atoms with Gasteiger partial charge in [-0.15, -0.1) is 0 Å². The Labute approximate surface area is 108 Å². The number of rotatable bonds is 1. The van der Waals surface area contributed by atoms with Gasteiger partial charge in [-0.25, -0.2) is 4.79 Å². The molecule has 0 bridgehead atoms. The van der Waals surface area contributed by atoms with Crippen LogP contribution in [0.15, 0.2) is 30.3 Å². The van der Waals surface area contributed by atoms with Crippen molar-refractivity contribution in [2.45, 2.75) is 18.6 Å². The maximum absolute atomic E-state index is 10.6. The van der Waals surface area contributed by atoms with E-state index >= 15 is 0 Å². The van der Waals surface area contributed by atoms with E-state index in [0.29, 0.717) is 6.04 Å². The molecule has 3 N–H and O–H groups in total. The number of nitrogens with two attached hydrogens (primary N) is 1. The zero-order valence-electron chi connectivity index (χ0n) is 10.1. The first-order chi connectivity index (χ1) is 8.80. The molecule has 1 saturated heterocycles. The van der Waals surface area contributed by atoms with Gasteiger partial charge in [-0.2, -0.15) is 13.2 Å². The molecule has 0 aliphatic carbocycles. The Morgan fingerprint density at radius 1 is 1.32 bits per heavy atom. The van der Waals surface area contributed by atoms with Gasteiger partial charge in [0.15, 0.2) is 0 Å². The van der Waals surface area contributed by atoms with Crippen molar-refractivity contribution < 1.29 is 23.1 Å². The number of hydrogen-bond acceptors (Lipinski definition) is 3. The quantitative estimate of drug-likeness (QED) is 0.821. The molecule has 106 valence electrons. The molecule has 1 heterocycles. The van der Waals surface area contributed by atoms with Crippen LogP contribution in [-0.4, -0.2) is 36.4 Å². The molecule has 1 aromatic rings. The summed E-state index contributed by atoms with van der Waals surface area (Å²) in [7, 11) is 0. The molecule has 1 fully saturated rings. The van der Waals surface area contributed by atoms with Crippen molar-refractivity contribution in [1.29, 1.82) is 0 Å². The van der Waals surface area contributed by atoms with Gasteiger partial charge in [-0.1, -0.05) is 18.2 Å². The Morgan fingerprint density at radius 2 is 1.84 bits per heavy atom. The van der Waals surface area contributed by atoms with Gasteiger partial charge in [0.2, 0.25) is 0 Å². The van der Waals surface area contributed by atoms with Crippen molar-refractivity contribution >= 4 is 11.7 Å². The van der Waals surface area contributed by atoms with Crippen LogP contribution in [-0.2, 0) is 4.79 Å². The Hall–Kier alpha value is -1.76. The summed E-state index contributed by atoms with van der Waals surface area (Å²) >= 11 is 0. The molecule has 0 amide bonds. The maximum atomic E-state index is 10.6. The topological polar surface area (TPSA) is 66.6 Å². The fourth-order valence-corrected chi connectivity index (χ4v) is 1.66. The van der Waals surface area contributed by atoms with Gasteiger partial charge in [0, 0.05) is 24.8 Å². The molecule has 0 saturated carbocycles. The van der Waals surface area contributed by atoms with Gasteiger partial charge in [-0.05, 0) is 18.6 Å². The highest BCUT2D eigenvalue weighted by molar-refractivity contribution is 5.73. The van der Waals surface area contributed by atoms with E-state index in [9.17, 15) is 13.2 Å². The number of para-hydroxylation sites is 1. The smallest absolute Gasteiger partial charge is 0.475 e. The molecule has 2 rings (SSSR count). The first-order valence-electron chi connectivity index (χ1n) is 5.66. The minimum Gasteiger partial charge on any atom is -0.475 e. The Balaban J connectivity index is 0.000000224. The van der Waals surface area contributed by atoms with Gasteiger partial charge >= 0.3 is 12.1 Å². The fraction of sp³-hybridized carbons (Fsp3) is 0.417. The number of benzene rings is 1. The summed E-state index contributed by atoms with van der Waals surface area (Å²) in [5, 5.41) is 7.12. The van der Waals surface area contributed by atoms with Crippen LogP contribution in [0.25, 0.3) is 0 Å². The molecular formula is C12H15F3N2O2. The van der Waals surface area contributed by atoms with Crippen LogP contribution in [0.5, 0.6) is 0 Å². The molecule has 1 aromatic carbocycles. The number of halogens is 3. The number of carbonyl (C=O) groups is 1. The summed E-state index contributed by atoms with van der Waals surface area (Å²) in [5.74, 6) is -2.76. The van der Waals surface area contributed by atoms with E-state index in [1.54, 1.807) is 0 Å². The average Bonchev–Trinajstić information content (AvgIpc) is 2.77. The molecule has 0 radical (unpaired) electrons. The lowest BCUT2D eigenvalue weighted by Crippen LogP contribution is -2.26. The standard InChI is InChI=1S/C10H14N2.C2HF3O2/c11-9-6-7-12(8-9)10-4-2-1-3-5-10;3-2(4,5)1(6)7/h1-5,9H,6-8,11H2;(H,6,7)/t9-;/m0./s1. The van der Waals surface area contributed by atoms with Crippen LogP contribution in [0.1, 0.15) is 6.42 Å². The van der Waals surface area contributed by atoms with Crippen molar-refractivity contribution in [3.05, 3.63) is 30.3 Å². The number of alkyl halides is 3. The van der Waals surface area contributed by atoms with E-state index in [4.69, 9.17) is 15.6 Å². The largest absolute Gasteiger partial charge is 0.490 e. The lowest BCUT2D eigenvalue weighted by atomic mass is 10.3. The van der Waals surface area contributed by atoms with Crippen molar-refractivity contribution in [2.24, 2.45) is 5.73 Å². The summed E-state index contributed by atoms with van der Waals surface area (Å²) in [5.41, 5.74) is 7.12. The van der Waals surface area contributed by atoms with E-state index in [2.05, 4.69) is 29.2 Å². The van der Waals surface area contributed by atoms with E-state index in [1.165, 1.54) is 5.69 Å². The van der Waals surface area contributed by atoms with E-state index in [1.807, 2.05) is 6.07 Å². The van der Waals surface area contributed by atoms with Crippen LogP contribution in [0.4, 0.5) is 18.9 Å². The molecule has 4 nitrogen and oxygen atoms in total. The third kappa shape index (κ3) is 5.17. The van der Waals surface area contributed by atoms with E-state index in [0.717, 1.165) is 19.5 Å². The van der Waals surface area contributed by atoms with Crippen molar-refractivity contribution in [3.63, 3.8) is 0 Å². The maximum Gasteiger partial charge on any atom is 0.490 e. The zero-order chi connectivity index (χ0) is 14.5. The van der Waals surface area contributed by atoms with Crippen LogP contribution < -0.4 is 10.6 Å². The summed E-state index contributed by atoms with van der Waals surface area (Å²) in [6.07, 6.45) is -3.96. The third-order valence-electron chi connectivity index (χ3n) is 2.59. The molecular weight excluding hydrogens is 261 g/mol. The SMILES string of the molecule is N[C@H]1CCN(c2ccccc2)C1.O=C(O)C(F)(F)F. The zero-order valence-corrected chi connectivity index (χ0v) is 10.1. The highest BCUT2D eigenvalue weighted by atomic mass is 19.4. The minimum atomic E-state index is -5.08. The van der Waals surface area contributed by atoms with Gasteiger partial charge in [0.25, 0.3) is 0 Å². The number of carboxylic acid groups (broad SMARTS) is 1. The molecule has 19 heavy (non-hydrogen) atoms. The first kappa shape index (κ1) is 15.3. The highest BCUT2D eigenvalue weighted by Gasteiger charge is 2.38. The lowest BCUT2D eigenvalue weighted by molar-refractivity contribution is -0.192. The van der Waals surface area contributed by atoms with E-state index in [-0.39, 0.29) is 0 Å². The number of nitrogens with zero attached hydrogens (tertiary/aromatic N) is 1. The fourth-order valence-electron chi connectivity index (χ4n) is 1.66. The third-order valence-corrected chi connectivity index (χ3v) is 2.59. The van der Waals surface area contributed by atoms with Crippen LogP contribution in [0, 0.1) is 0 Å². The van der Waals surface area contributed by atoms with E-state index < -0.39 is 12.1 Å². The minimum absolute atomic E-state index is 0.366. The number of anilines is 1. The van der Waals surface area contributed by atoms with Gasteiger partial charge < -0.3 is 15.7 Å². The van der Waals surface area contributed by atoms with Crippen LogP contribution in [0.3, 0.4) is 0 Å². The number of hydrogen-bond donors (Lipinski definition) is 2. The van der Waals surface area contributed by atoms with Crippen LogP contribution in [0.2, 0.25) is 0 Å². The molecule has 7 heteroatoms. The first-order valence-corrected chi connectivity index (χ1v) is 5.66. The predicted octanol–water partition coefficient (Wildman–Crippen LogP) is 1.86. The normalized spacial score (nSPS) is 18.7. The van der Waals surface area contributed by atoms with Crippen molar-refractivity contribution in [1.82, 2.24) is 0 Å². The highest BCUT2D eigenvalue weighted by Crippen LogP contribution is 2.18. The average molecular weight is 276 g/mol. The molecule has 0 spiro atoms. The molecule has 1 aliphatic rings. The summed E-state index contributed by atoms with van der Waals surface area (Å²) < 4.78 is 31.7. The second kappa shape index (κ2) is 6.42. The van der Waals surface area contributed by atoms with Crippen molar-refractivity contribution in [2.75, 3.05) is 18.0 Å². The van der Waals surface area contributed by atoms with Gasteiger partial charge in [-0.3, -0.25) is 0 Å². The second-order valence-electron chi connectivity index (χ2n) is 4.13. The number of carboxylic acids is 1. The van der Waals surface area contributed by atoms with Crippen LogP contribution >= 0.6 is 0 Å². The van der Waals surface area contributed by atoms with Crippen molar-refractivity contribution in [3.8, 4) is 0 Å². The summed E-state index contributed by atoms with van der Waals surface area (Å²) in [6.45, 7) is 2.11. The molecule has 1 atom stereocenters. The van der Waals surface area contributed by atoms with Gasteiger partial charge in [0.1, 0.15) is 0 Å². The number of aliphatic carboxylic acids is 1. The Kier molecular flexibility index (Phi) is 5.17. The summed E-state index contributed by atoms with van der Waals surface area (Å²) in [6, 6.07) is 10.8. The monoisotopic (exact) mass is 276 g/mol. The lowest BCUT2D eigenvalue weighted by Gasteiger charge is -2.17. The Morgan fingerprint density at radius 3 is 2.21 bits per heavy atom. The Bertz CT molecular complexity index is 409. The molecule has 0 aromatic heterocycles. The molecule has 1 aliphatic heterocycles. The predicted molar refractivity (Wildman–Crippen MR) is 64.9 cm³/mol. The van der Waals surface area contributed by atoms with Gasteiger partial charge in [0.05, 0.1) is 0 Å². The molecule has 0 unspecified atom stereocenters.